The van der Waals surface area contributed by atoms with E-state index in [9.17, 15) is 18.3 Å². The van der Waals surface area contributed by atoms with Crippen LogP contribution < -0.4 is 4.74 Å². The van der Waals surface area contributed by atoms with Crippen molar-refractivity contribution in [2.75, 3.05) is 13.2 Å². The van der Waals surface area contributed by atoms with E-state index < -0.39 is 24.4 Å². The third-order valence-electron chi connectivity index (χ3n) is 6.32. The lowest BCUT2D eigenvalue weighted by Gasteiger charge is -2.34. The Kier molecular flexibility index (Phi) is 4.82. The predicted octanol–water partition coefficient (Wildman–Crippen LogP) is 4.32. The molecule has 1 fully saturated rings. The number of fused-ring (bicyclic) bond motifs is 3. The Hall–Kier alpha value is -3.50. The van der Waals surface area contributed by atoms with Gasteiger partial charge in [0.05, 0.1) is 30.3 Å². The van der Waals surface area contributed by atoms with Crippen LogP contribution in [0.4, 0.5) is 13.2 Å². The number of benzene rings is 2. The molecule has 0 amide bonds. The average molecular weight is 468 g/mol. The molecule has 4 heterocycles. The highest BCUT2D eigenvalue weighted by Gasteiger charge is 2.41. The van der Waals surface area contributed by atoms with Crippen LogP contribution in [0.2, 0.25) is 0 Å². The number of halogens is 3. The van der Waals surface area contributed by atoms with Gasteiger partial charge < -0.3 is 19.1 Å². The van der Waals surface area contributed by atoms with E-state index in [1.807, 2.05) is 12.1 Å². The van der Waals surface area contributed by atoms with Crippen LogP contribution in [-0.2, 0) is 10.3 Å². The zero-order valence-electron chi connectivity index (χ0n) is 17.7. The molecule has 0 bridgehead atoms. The Labute approximate surface area is 191 Å². The van der Waals surface area contributed by atoms with E-state index in [1.54, 1.807) is 41.2 Å². The maximum atomic E-state index is 15.0. The molecule has 2 aromatic carbocycles. The molecule has 2 aliphatic rings. The van der Waals surface area contributed by atoms with Crippen LogP contribution in [-0.4, -0.2) is 44.5 Å². The van der Waals surface area contributed by atoms with Crippen molar-refractivity contribution in [3.05, 3.63) is 72.1 Å². The van der Waals surface area contributed by atoms with Crippen LogP contribution in [0.3, 0.4) is 0 Å². The number of alkyl halides is 3. The van der Waals surface area contributed by atoms with Crippen LogP contribution in [0.1, 0.15) is 35.8 Å². The van der Waals surface area contributed by atoms with Crippen molar-refractivity contribution in [1.29, 1.82) is 0 Å². The molecule has 1 N–H and O–H groups in total. The summed E-state index contributed by atoms with van der Waals surface area (Å²) >= 11 is 0. The van der Waals surface area contributed by atoms with Gasteiger partial charge in [-0.2, -0.15) is 8.78 Å². The molecule has 0 spiro atoms. The number of ether oxygens (including phenoxy) is 2. The summed E-state index contributed by atoms with van der Waals surface area (Å²) in [6.45, 7) is -2.67. The number of aromatic nitrogens is 4. The SMILES string of the molecule is OC1(c2ncc(-c3ccc4nc5n(c4c3)[C@@H](c3ccccc3OC(F)F)C[C@H]5F)cn2)COC1. The first kappa shape index (κ1) is 21.1. The predicted molar refractivity (Wildman–Crippen MR) is 115 cm³/mol. The molecule has 0 saturated carbocycles. The van der Waals surface area contributed by atoms with Crippen molar-refractivity contribution in [3.63, 3.8) is 0 Å². The van der Waals surface area contributed by atoms with Crippen LogP contribution in [0.5, 0.6) is 5.75 Å². The van der Waals surface area contributed by atoms with Gasteiger partial charge in [-0.1, -0.05) is 24.3 Å². The second-order valence-electron chi connectivity index (χ2n) is 8.50. The Morgan fingerprint density at radius 2 is 1.85 bits per heavy atom. The maximum Gasteiger partial charge on any atom is 0.387 e. The van der Waals surface area contributed by atoms with Crippen molar-refractivity contribution >= 4 is 11.0 Å². The summed E-state index contributed by atoms with van der Waals surface area (Å²) in [6.07, 6.45) is 1.96. The van der Waals surface area contributed by atoms with Gasteiger partial charge in [0.1, 0.15) is 11.6 Å². The topological polar surface area (TPSA) is 82.3 Å². The standard InChI is InChI=1S/C24H19F3N4O3/c25-16-8-18(15-3-1-2-4-20(15)34-23(26)27)31-19-7-13(5-6-17(19)30-21(16)31)14-9-28-22(29-10-14)24(32)11-33-12-24/h1-7,9-10,16,18,23,32H,8,11-12H2/t16-,18-/m1/s1. The van der Waals surface area contributed by atoms with Crippen LogP contribution in [0.15, 0.2) is 54.9 Å². The fourth-order valence-electron chi connectivity index (χ4n) is 4.61. The molecule has 2 aliphatic heterocycles. The highest BCUT2D eigenvalue weighted by Crippen LogP contribution is 2.46. The highest BCUT2D eigenvalue weighted by molar-refractivity contribution is 5.83. The molecule has 10 heteroatoms. The molecule has 7 nitrogen and oxygen atoms in total. The van der Waals surface area contributed by atoms with Crippen LogP contribution in [0, 0.1) is 0 Å². The molecule has 2 atom stereocenters. The van der Waals surface area contributed by atoms with E-state index in [2.05, 4.69) is 15.0 Å². The van der Waals surface area contributed by atoms with E-state index in [4.69, 9.17) is 9.47 Å². The van der Waals surface area contributed by atoms with Gasteiger partial charge in [-0.15, -0.1) is 0 Å². The molecule has 0 aliphatic carbocycles. The normalized spacial score (nSPS) is 21.0. The Morgan fingerprint density at radius 3 is 2.56 bits per heavy atom. The molecule has 1 saturated heterocycles. The summed E-state index contributed by atoms with van der Waals surface area (Å²) in [5.74, 6) is 0.565. The van der Waals surface area contributed by atoms with Crippen molar-refractivity contribution in [3.8, 4) is 16.9 Å². The Morgan fingerprint density at radius 1 is 1.09 bits per heavy atom. The molecule has 34 heavy (non-hydrogen) atoms. The second-order valence-corrected chi connectivity index (χ2v) is 8.50. The molecular formula is C24H19F3N4O3. The van der Waals surface area contributed by atoms with Crippen LogP contribution in [0.25, 0.3) is 22.2 Å². The fourth-order valence-corrected chi connectivity index (χ4v) is 4.61. The van der Waals surface area contributed by atoms with Crippen molar-refractivity contribution in [2.24, 2.45) is 0 Å². The number of para-hydroxylation sites is 1. The molecule has 0 radical (unpaired) electrons. The lowest BCUT2D eigenvalue weighted by Crippen LogP contribution is -2.47. The Bertz CT molecular complexity index is 1370. The van der Waals surface area contributed by atoms with Crippen LogP contribution >= 0.6 is 0 Å². The summed E-state index contributed by atoms with van der Waals surface area (Å²) in [4.78, 5) is 13.0. The summed E-state index contributed by atoms with van der Waals surface area (Å²) < 4.78 is 52.4. The summed E-state index contributed by atoms with van der Waals surface area (Å²) in [7, 11) is 0. The quantitative estimate of drug-likeness (QED) is 0.470. The van der Waals surface area contributed by atoms with Gasteiger partial charge in [0.15, 0.2) is 17.6 Å². The Balaban J connectivity index is 1.42. The zero-order chi connectivity index (χ0) is 23.4. The number of rotatable bonds is 5. The first-order valence-corrected chi connectivity index (χ1v) is 10.8. The van der Waals surface area contributed by atoms with Gasteiger partial charge in [0.2, 0.25) is 0 Å². The summed E-state index contributed by atoms with van der Waals surface area (Å²) in [6, 6.07) is 11.4. The van der Waals surface area contributed by atoms with Gasteiger partial charge >= 0.3 is 6.61 Å². The third-order valence-corrected chi connectivity index (χ3v) is 6.32. The second kappa shape index (κ2) is 7.78. The minimum Gasteiger partial charge on any atom is -0.434 e. The molecule has 0 unspecified atom stereocenters. The largest absolute Gasteiger partial charge is 0.434 e. The van der Waals surface area contributed by atoms with Gasteiger partial charge in [-0.05, 0) is 23.8 Å². The first-order valence-electron chi connectivity index (χ1n) is 10.8. The highest BCUT2D eigenvalue weighted by atomic mass is 19.3. The summed E-state index contributed by atoms with van der Waals surface area (Å²) in [5, 5.41) is 10.3. The van der Waals surface area contributed by atoms with Crippen molar-refractivity contribution in [2.45, 2.75) is 30.8 Å². The average Bonchev–Trinajstić information content (AvgIpc) is 3.35. The number of hydrogen-bond donors (Lipinski definition) is 1. The molecule has 4 aromatic rings. The molecule has 6 rings (SSSR count). The van der Waals surface area contributed by atoms with E-state index in [0.717, 1.165) is 5.56 Å². The molecule has 2 aromatic heterocycles. The van der Waals surface area contributed by atoms with Gasteiger partial charge in [-0.25, -0.2) is 19.3 Å². The molecule has 174 valence electrons. The minimum absolute atomic E-state index is 0.0162. The lowest BCUT2D eigenvalue weighted by molar-refractivity contribution is -0.189. The monoisotopic (exact) mass is 468 g/mol. The number of imidazole rings is 1. The third kappa shape index (κ3) is 3.33. The van der Waals surface area contributed by atoms with E-state index in [-0.39, 0.29) is 31.2 Å². The minimum atomic E-state index is -2.98. The zero-order valence-corrected chi connectivity index (χ0v) is 17.7. The smallest absolute Gasteiger partial charge is 0.387 e. The van der Waals surface area contributed by atoms with Gasteiger partial charge in [0.25, 0.3) is 0 Å². The fraction of sp³-hybridized carbons (Fsp3) is 0.292. The summed E-state index contributed by atoms with van der Waals surface area (Å²) in [5.41, 5.74) is 2.05. The number of nitrogens with zero attached hydrogens (tertiary/aromatic N) is 4. The maximum absolute atomic E-state index is 15.0. The first-order chi connectivity index (χ1) is 16.4. The van der Waals surface area contributed by atoms with Gasteiger partial charge in [0, 0.05) is 29.9 Å². The van der Waals surface area contributed by atoms with E-state index in [0.29, 0.717) is 28.0 Å². The van der Waals surface area contributed by atoms with E-state index >= 15 is 0 Å². The molecular weight excluding hydrogens is 449 g/mol. The van der Waals surface area contributed by atoms with Crippen molar-refractivity contribution in [1.82, 2.24) is 19.5 Å². The lowest BCUT2D eigenvalue weighted by atomic mass is 10.0. The number of hydrogen-bond acceptors (Lipinski definition) is 6. The van der Waals surface area contributed by atoms with Crippen molar-refractivity contribution < 1.29 is 27.8 Å². The van der Waals surface area contributed by atoms with Gasteiger partial charge in [-0.3, -0.25) is 0 Å². The van der Waals surface area contributed by atoms with E-state index in [1.165, 1.54) is 6.07 Å². The number of aliphatic hydroxyl groups is 1.